The summed E-state index contributed by atoms with van der Waals surface area (Å²) in [5, 5.41) is 12.1. The number of carbonyl (C=O) groups is 1. The highest BCUT2D eigenvalue weighted by Crippen LogP contribution is 2.25. The van der Waals surface area contributed by atoms with E-state index in [0.717, 1.165) is 12.1 Å². The molecule has 5 nitrogen and oxygen atoms in total. The summed E-state index contributed by atoms with van der Waals surface area (Å²) in [7, 11) is 0. The summed E-state index contributed by atoms with van der Waals surface area (Å²) in [6.45, 7) is 3.98. The van der Waals surface area contributed by atoms with Gasteiger partial charge in [0.1, 0.15) is 0 Å². The van der Waals surface area contributed by atoms with Crippen LogP contribution >= 0.6 is 11.8 Å². The van der Waals surface area contributed by atoms with Crippen molar-refractivity contribution in [2.24, 2.45) is 0 Å². The Morgan fingerprint density at radius 1 is 1.12 bits per heavy atom. The van der Waals surface area contributed by atoms with E-state index in [1.54, 1.807) is 4.68 Å². The van der Waals surface area contributed by atoms with Gasteiger partial charge in [0, 0.05) is 5.56 Å². The second-order valence-electron chi connectivity index (χ2n) is 5.38. The number of aryl methyl sites for hydroxylation is 1. The van der Waals surface area contributed by atoms with Gasteiger partial charge in [0.15, 0.2) is 5.78 Å². The third-order valence-electron chi connectivity index (χ3n) is 3.74. The number of para-hydroxylation sites is 1. The molecule has 6 heteroatoms. The first-order valence-corrected chi connectivity index (χ1v) is 8.70. The van der Waals surface area contributed by atoms with E-state index >= 15 is 0 Å². The average molecular weight is 338 g/mol. The molecule has 0 radical (unpaired) electrons. The van der Waals surface area contributed by atoms with Crippen LogP contribution in [0.5, 0.6) is 0 Å². The fourth-order valence-corrected chi connectivity index (χ4v) is 3.22. The normalized spacial score (nSPS) is 12.1. The van der Waals surface area contributed by atoms with Crippen LogP contribution in [0.3, 0.4) is 0 Å². The van der Waals surface area contributed by atoms with Gasteiger partial charge in [0.25, 0.3) is 0 Å². The van der Waals surface area contributed by atoms with Crippen molar-refractivity contribution in [2.75, 3.05) is 0 Å². The minimum atomic E-state index is -0.272. The lowest BCUT2D eigenvalue weighted by atomic mass is 10.1. The van der Waals surface area contributed by atoms with E-state index in [0.29, 0.717) is 10.7 Å². The van der Waals surface area contributed by atoms with Gasteiger partial charge in [-0.15, -0.1) is 5.10 Å². The minimum Gasteiger partial charge on any atom is -0.293 e. The summed E-state index contributed by atoms with van der Waals surface area (Å²) in [5.41, 5.74) is 2.81. The SMILES string of the molecule is CCc1ccc(C(=O)[C@H](C)Sc2nnnn2-c2ccccc2)cc1. The number of hydrogen-bond donors (Lipinski definition) is 0. The average Bonchev–Trinajstić information content (AvgIpc) is 3.10. The van der Waals surface area contributed by atoms with E-state index in [-0.39, 0.29) is 11.0 Å². The quantitative estimate of drug-likeness (QED) is 0.508. The molecule has 0 saturated heterocycles. The van der Waals surface area contributed by atoms with Gasteiger partial charge >= 0.3 is 0 Å². The van der Waals surface area contributed by atoms with Crippen LogP contribution < -0.4 is 0 Å². The Bertz CT molecular complexity index is 815. The fraction of sp³-hybridized carbons (Fsp3) is 0.222. The lowest BCUT2D eigenvalue weighted by Gasteiger charge is -2.10. The number of ketones is 1. The number of nitrogens with zero attached hydrogens (tertiary/aromatic N) is 4. The molecule has 0 saturated carbocycles. The molecule has 3 aromatic rings. The van der Waals surface area contributed by atoms with Gasteiger partial charge in [-0.3, -0.25) is 4.79 Å². The molecule has 1 atom stereocenters. The summed E-state index contributed by atoms with van der Waals surface area (Å²) in [6, 6.07) is 17.4. The molecular weight excluding hydrogens is 320 g/mol. The molecule has 0 aliphatic rings. The summed E-state index contributed by atoms with van der Waals surface area (Å²) >= 11 is 1.36. The zero-order valence-electron chi connectivity index (χ0n) is 13.6. The molecule has 0 aliphatic carbocycles. The molecule has 1 aromatic heterocycles. The maximum atomic E-state index is 12.6. The molecule has 0 unspecified atom stereocenters. The second kappa shape index (κ2) is 7.40. The predicted molar refractivity (Wildman–Crippen MR) is 94.6 cm³/mol. The number of aromatic nitrogens is 4. The zero-order chi connectivity index (χ0) is 16.9. The van der Waals surface area contributed by atoms with Crippen molar-refractivity contribution in [3.05, 3.63) is 65.7 Å². The lowest BCUT2D eigenvalue weighted by Crippen LogP contribution is -2.14. The standard InChI is InChI=1S/C18H18N4OS/c1-3-14-9-11-15(12-10-14)17(23)13(2)24-18-19-20-21-22(18)16-7-5-4-6-8-16/h4-13H,3H2,1-2H3/t13-/m0/s1. The third kappa shape index (κ3) is 3.54. The molecular formula is C18H18N4OS. The molecule has 2 aromatic carbocycles. The topological polar surface area (TPSA) is 60.7 Å². The number of rotatable bonds is 6. The molecule has 1 heterocycles. The van der Waals surface area contributed by atoms with E-state index in [1.807, 2.05) is 61.5 Å². The maximum absolute atomic E-state index is 12.6. The van der Waals surface area contributed by atoms with E-state index in [2.05, 4.69) is 22.4 Å². The summed E-state index contributed by atoms with van der Waals surface area (Å²) in [5.74, 6) is 0.0743. The minimum absolute atomic E-state index is 0.0743. The van der Waals surface area contributed by atoms with E-state index < -0.39 is 0 Å². The first-order valence-electron chi connectivity index (χ1n) is 7.82. The first kappa shape index (κ1) is 16.4. The van der Waals surface area contributed by atoms with Crippen LogP contribution in [0.1, 0.15) is 29.8 Å². The number of Topliss-reactive ketones (excluding diaryl/α,β-unsaturated/α-hetero) is 1. The van der Waals surface area contributed by atoms with E-state index in [1.165, 1.54) is 17.3 Å². The van der Waals surface area contributed by atoms with Gasteiger partial charge in [0.05, 0.1) is 10.9 Å². The number of thioether (sulfide) groups is 1. The molecule has 0 aliphatic heterocycles. The molecule has 0 fully saturated rings. The zero-order valence-corrected chi connectivity index (χ0v) is 14.4. The summed E-state index contributed by atoms with van der Waals surface area (Å²) in [6.07, 6.45) is 0.963. The number of benzene rings is 2. The Kier molecular flexibility index (Phi) is 5.05. The number of carbonyl (C=O) groups excluding carboxylic acids is 1. The van der Waals surface area contributed by atoms with Crippen molar-refractivity contribution in [1.29, 1.82) is 0 Å². The van der Waals surface area contributed by atoms with Gasteiger partial charge in [0.2, 0.25) is 5.16 Å². The van der Waals surface area contributed by atoms with E-state index in [9.17, 15) is 4.79 Å². The van der Waals surface area contributed by atoms with Crippen molar-refractivity contribution in [3.8, 4) is 5.69 Å². The van der Waals surface area contributed by atoms with E-state index in [4.69, 9.17) is 0 Å². The van der Waals surface area contributed by atoms with Crippen LogP contribution in [-0.2, 0) is 6.42 Å². The van der Waals surface area contributed by atoms with Crippen molar-refractivity contribution < 1.29 is 4.79 Å². The maximum Gasteiger partial charge on any atom is 0.214 e. The Morgan fingerprint density at radius 3 is 2.50 bits per heavy atom. The first-order chi connectivity index (χ1) is 11.7. The van der Waals surface area contributed by atoms with Crippen LogP contribution in [0.15, 0.2) is 59.8 Å². The van der Waals surface area contributed by atoms with Crippen LogP contribution in [0.4, 0.5) is 0 Å². The monoisotopic (exact) mass is 338 g/mol. The van der Waals surface area contributed by atoms with Crippen LogP contribution in [0.2, 0.25) is 0 Å². The fourth-order valence-electron chi connectivity index (χ4n) is 2.33. The molecule has 24 heavy (non-hydrogen) atoms. The molecule has 0 bridgehead atoms. The largest absolute Gasteiger partial charge is 0.293 e. The van der Waals surface area contributed by atoms with Crippen LogP contribution in [-0.4, -0.2) is 31.2 Å². The lowest BCUT2D eigenvalue weighted by molar-refractivity contribution is 0.0994. The smallest absolute Gasteiger partial charge is 0.214 e. The molecule has 122 valence electrons. The Labute approximate surface area is 145 Å². The van der Waals surface area contributed by atoms with Gasteiger partial charge in [-0.1, -0.05) is 61.2 Å². The molecule has 3 rings (SSSR count). The second-order valence-corrected chi connectivity index (χ2v) is 6.69. The highest BCUT2D eigenvalue weighted by Gasteiger charge is 2.20. The van der Waals surface area contributed by atoms with Gasteiger partial charge in [-0.25, -0.2) is 0 Å². The Hall–Kier alpha value is -2.47. The number of tetrazole rings is 1. The van der Waals surface area contributed by atoms with Crippen molar-refractivity contribution in [3.63, 3.8) is 0 Å². The molecule has 0 amide bonds. The highest BCUT2D eigenvalue weighted by molar-refractivity contribution is 8.00. The predicted octanol–water partition coefficient (Wildman–Crippen LogP) is 3.59. The summed E-state index contributed by atoms with van der Waals surface area (Å²) in [4.78, 5) is 12.6. The third-order valence-corrected chi connectivity index (χ3v) is 4.77. The van der Waals surface area contributed by atoms with Crippen molar-refractivity contribution in [1.82, 2.24) is 20.2 Å². The van der Waals surface area contributed by atoms with Crippen LogP contribution in [0.25, 0.3) is 5.69 Å². The Morgan fingerprint density at radius 2 is 1.83 bits per heavy atom. The highest BCUT2D eigenvalue weighted by atomic mass is 32.2. The molecule has 0 N–H and O–H groups in total. The summed E-state index contributed by atoms with van der Waals surface area (Å²) < 4.78 is 1.65. The van der Waals surface area contributed by atoms with Gasteiger partial charge < -0.3 is 0 Å². The van der Waals surface area contributed by atoms with Crippen molar-refractivity contribution >= 4 is 17.5 Å². The van der Waals surface area contributed by atoms with Crippen molar-refractivity contribution in [2.45, 2.75) is 30.7 Å². The van der Waals surface area contributed by atoms with Gasteiger partial charge in [-0.05, 0) is 41.5 Å². The Balaban J connectivity index is 1.76. The van der Waals surface area contributed by atoms with Crippen LogP contribution in [0, 0.1) is 0 Å². The molecule has 0 spiro atoms. The van der Waals surface area contributed by atoms with Gasteiger partial charge in [-0.2, -0.15) is 4.68 Å². The number of hydrogen-bond acceptors (Lipinski definition) is 5.